The Balaban J connectivity index is 2.44. The Morgan fingerprint density at radius 1 is 1.30 bits per heavy atom. The molecule has 1 aliphatic rings. The molecular formula is C11H10F3NO4S. The predicted molar refractivity (Wildman–Crippen MR) is 64.0 cm³/mol. The fourth-order valence-corrected chi connectivity index (χ4v) is 3.01. The molecule has 1 aliphatic carbocycles. The van der Waals surface area contributed by atoms with Gasteiger partial charge in [-0.3, -0.25) is 4.72 Å². The number of carboxylic acid groups (broad SMARTS) is 1. The minimum Gasteiger partial charge on any atom is -0.478 e. The number of rotatable bonds is 4. The van der Waals surface area contributed by atoms with Crippen LogP contribution in [0.25, 0.3) is 0 Å². The van der Waals surface area contributed by atoms with Gasteiger partial charge in [-0.15, -0.1) is 0 Å². The second-order valence-electron chi connectivity index (χ2n) is 4.41. The number of carbonyl (C=O) groups is 1. The fourth-order valence-electron chi connectivity index (χ4n) is 1.61. The minimum absolute atomic E-state index is 0.413. The second kappa shape index (κ2) is 4.65. The van der Waals surface area contributed by atoms with E-state index in [0.717, 1.165) is 6.07 Å². The van der Waals surface area contributed by atoms with Crippen molar-refractivity contribution < 1.29 is 31.5 Å². The number of anilines is 1. The van der Waals surface area contributed by atoms with Crippen LogP contribution in [0.1, 0.15) is 28.8 Å². The predicted octanol–water partition coefficient (Wildman–Crippen LogP) is 2.31. The number of benzene rings is 1. The number of hydrogen-bond donors (Lipinski definition) is 2. The number of nitrogens with one attached hydrogen (secondary N) is 1. The van der Waals surface area contributed by atoms with Crippen LogP contribution in [-0.2, 0) is 16.2 Å². The number of hydrogen-bond acceptors (Lipinski definition) is 3. The average Bonchev–Trinajstić information content (AvgIpc) is 3.10. The van der Waals surface area contributed by atoms with Crippen LogP contribution in [-0.4, -0.2) is 24.7 Å². The standard InChI is InChI=1S/C11H10F3NO4S/c12-11(13,14)6-1-4-8(10(16)17)9(5-6)15-20(18,19)7-2-3-7/h1,4-5,7,15H,2-3H2,(H,16,17). The van der Waals surface area contributed by atoms with Crippen molar-refractivity contribution in [3.8, 4) is 0 Å². The first-order valence-corrected chi connectivity index (χ1v) is 7.12. The quantitative estimate of drug-likeness (QED) is 0.894. The van der Waals surface area contributed by atoms with Crippen molar-refractivity contribution in [2.24, 2.45) is 0 Å². The van der Waals surface area contributed by atoms with Crippen molar-refractivity contribution in [1.82, 2.24) is 0 Å². The van der Waals surface area contributed by atoms with E-state index in [1.165, 1.54) is 0 Å². The number of alkyl halides is 3. The summed E-state index contributed by atoms with van der Waals surface area (Å²) in [7, 11) is -3.84. The number of sulfonamides is 1. The third kappa shape index (κ3) is 3.03. The van der Waals surface area contributed by atoms with Crippen molar-refractivity contribution >= 4 is 21.7 Å². The van der Waals surface area contributed by atoms with Gasteiger partial charge in [0.05, 0.1) is 22.1 Å². The zero-order valence-corrected chi connectivity index (χ0v) is 10.8. The first kappa shape index (κ1) is 14.6. The number of aromatic carboxylic acids is 1. The van der Waals surface area contributed by atoms with Gasteiger partial charge in [-0.05, 0) is 31.0 Å². The Morgan fingerprint density at radius 3 is 2.35 bits per heavy atom. The molecule has 1 aromatic carbocycles. The van der Waals surface area contributed by atoms with E-state index in [-0.39, 0.29) is 0 Å². The molecule has 0 atom stereocenters. The van der Waals surface area contributed by atoms with Gasteiger partial charge in [0.15, 0.2) is 0 Å². The zero-order chi connectivity index (χ0) is 15.1. The van der Waals surface area contributed by atoms with Crippen molar-refractivity contribution in [2.75, 3.05) is 4.72 Å². The van der Waals surface area contributed by atoms with E-state index in [4.69, 9.17) is 5.11 Å². The molecule has 0 bridgehead atoms. The lowest BCUT2D eigenvalue weighted by molar-refractivity contribution is -0.137. The SMILES string of the molecule is O=C(O)c1ccc(C(F)(F)F)cc1NS(=O)(=O)C1CC1. The molecule has 9 heteroatoms. The summed E-state index contributed by atoms with van der Waals surface area (Å²) >= 11 is 0. The van der Waals surface area contributed by atoms with Gasteiger partial charge in [-0.2, -0.15) is 13.2 Å². The summed E-state index contributed by atoms with van der Waals surface area (Å²) in [5.41, 5.74) is -2.21. The van der Waals surface area contributed by atoms with Crippen LogP contribution in [0.2, 0.25) is 0 Å². The van der Waals surface area contributed by atoms with E-state index in [9.17, 15) is 26.4 Å². The highest BCUT2D eigenvalue weighted by atomic mass is 32.2. The Hall–Kier alpha value is -1.77. The van der Waals surface area contributed by atoms with Crippen LogP contribution in [0.5, 0.6) is 0 Å². The van der Waals surface area contributed by atoms with E-state index >= 15 is 0 Å². The zero-order valence-electron chi connectivity index (χ0n) is 9.94. The highest BCUT2D eigenvalue weighted by Crippen LogP contribution is 2.34. The molecule has 0 unspecified atom stereocenters. The van der Waals surface area contributed by atoms with Gasteiger partial charge in [-0.25, -0.2) is 13.2 Å². The maximum atomic E-state index is 12.6. The minimum atomic E-state index is -4.68. The molecular weight excluding hydrogens is 299 g/mol. The molecule has 20 heavy (non-hydrogen) atoms. The molecule has 0 spiro atoms. The van der Waals surface area contributed by atoms with Crippen molar-refractivity contribution in [1.29, 1.82) is 0 Å². The van der Waals surface area contributed by atoms with Crippen LogP contribution >= 0.6 is 0 Å². The fraction of sp³-hybridized carbons (Fsp3) is 0.364. The molecule has 2 N–H and O–H groups in total. The van der Waals surface area contributed by atoms with Crippen molar-refractivity contribution in [3.05, 3.63) is 29.3 Å². The van der Waals surface area contributed by atoms with E-state index in [2.05, 4.69) is 0 Å². The average molecular weight is 309 g/mol. The lowest BCUT2D eigenvalue weighted by Gasteiger charge is -2.13. The lowest BCUT2D eigenvalue weighted by Crippen LogP contribution is -2.20. The smallest absolute Gasteiger partial charge is 0.416 e. The molecule has 1 saturated carbocycles. The molecule has 1 aromatic rings. The second-order valence-corrected chi connectivity index (χ2v) is 6.37. The highest BCUT2D eigenvalue weighted by molar-refractivity contribution is 7.93. The van der Waals surface area contributed by atoms with Gasteiger partial charge in [0, 0.05) is 0 Å². The third-order valence-corrected chi connectivity index (χ3v) is 4.65. The topological polar surface area (TPSA) is 83.5 Å². The molecule has 0 saturated heterocycles. The maximum absolute atomic E-state index is 12.6. The molecule has 110 valence electrons. The number of halogens is 3. The molecule has 2 rings (SSSR count). The van der Waals surface area contributed by atoms with Gasteiger partial charge in [0.1, 0.15) is 0 Å². The number of carboxylic acids is 1. The summed E-state index contributed by atoms with van der Waals surface area (Å²) in [6, 6.07) is 1.82. The Labute approximate surface area is 112 Å². The van der Waals surface area contributed by atoms with Gasteiger partial charge >= 0.3 is 12.1 Å². The first-order chi connectivity index (χ1) is 9.11. The summed E-state index contributed by atoms with van der Waals surface area (Å²) in [5, 5.41) is 8.23. The molecule has 0 heterocycles. The third-order valence-electron chi connectivity index (χ3n) is 2.79. The summed E-state index contributed by atoms with van der Waals surface area (Å²) < 4.78 is 63.1. The van der Waals surface area contributed by atoms with Crippen LogP contribution < -0.4 is 4.72 Å². The maximum Gasteiger partial charge on any atom is 0.416 e. The molecule has 0 aliphatic heterocycles. The summed E-state index contributed by atoms with van der Waals surface area (Å²) in [4.78, 5) is 10.9. The van der Waals surface area contributed by atoms with Gasteiger partial charge in [-0.1, -0.05) is 0 Å². The molecule has 0 radical (unpaired) electrons. The largest absolute Gasteiger partial charge is 0.478 e. The van der Waals surface area contributed by atoms with Crippen LogP contribution in [0.4, 0.5) is 18.9 Å². The summed E-state index contributed by atoms with van der Waals surface area (Å²) in [6.45, 7) is 0. The van der Waals surface area contributed by atoms with E-state index < -0.39 is 44.2 Å². The van der Waals surface area contributed by atoms with E-state index in [1.807, 2.05) is 4.72 Å². The molecule has 0 aromatic heterocycles. The molecule has 5 nitrogen and oxygen atoms in total. The van der Waals surface area contributed by atoms with E-state index in [0.29, 0.717) is 25.0 Å². The molecule has 0 amide bonds. The highest BCUT2D eigenvalue weighted by Gasteiger charge is 2.37. The van der Waals surface area contributed by atoms with E-state index in [1.54, 1.807) is 0 Å². The van der Waals surface area contributed by atoms with Gasteiger partial charge in [0.25, 0.3) is 0 Å². The summed E-state index contributed by atoms with van der Waals surface area (Å²) in [6.07, 6.45) is -3.86. The molecule has 1 fully saturated rings. The van der Waals surface area contributed by atoms with Crippen LogP contribution in [0, 0.1) is 0 Å². The van der Waals surface area contributed by atoms with Gasteiger partial charge < -0.3 is 5.11 Å². The first-order valence-electron chi connectivity index (χ1n) is 5.57. The van der Waals surface area contributed by atoms with Crippen LogP contribution in [0.15, 0.2) is 18.2 Å². The monoisotopic (exact) mass is 309 g/mol. The Bertz CT molecular complexity index is 650. The van der Waals surface area contributed by atoms with Crippen LogP contribution in [0.3, 0.4) is 0 Å². The van der Waals surface area contributed by atoms with Crippen molar-refractivity contribution in [2.45, 2.75) is 24.3 Å². The normalized spacial score (nSPS) is 15.9. The van der Waals surface area contributed by atoms with Gasteiger partial charge in [0.2, 0.25) is 10.0 Å². The summed E-state index contributed by atoms with van der Waals surface area (Å²) in [5.74, 6) is -1.51. The van der Waals surface area contributed by atoms with Crippen molar-refractivity contribution in [3.63, 3.8) is 0 Å². The Kier molecular flexibility index (Phi) is 3.41. The Morgan fingerprint density at radius 2 is 1.90 bits per heavy atom. The lowest BCUT2D eigenvalue weighted by atomic mass is 10.1.